The number of carbonyl (C=O) groups excluding carboxylic acids is 1. The summed E-state index contributed by atoms with van der Waals surface area (Å²) in [5, 5.41) is 0. The van der Waals surface area contributed by atoms with Crippen molar-refractivity contribution in [3.05, 3.63) is 58.9 Å². The molecule has 0 aliphatic carbocycles. The Morgan fingerprint density at radius 1 is 0.957 bits per heavy atom. The Morgan fingerprint density at radius 2 is 1.65 bits per heavy atom. The van der Waals surface area contributed by atoms with Crippen LogP contribution < -0.4 is 4.74 Å². The Bertz CT molecular complexity index is 1420. The number of hydrogen-bond donors (Lipinski definition) is 0. The third-order valence-corrected chi connectivity index (χ3v) is 12.1. The van der Waals surface area contributed by atoms with Crippen LogP contribution in [-0.4, -0.2) is 101 Å². The van der Waals surface area contributed by atoms with Gasteiger partial charge in [0.1, 0.15) is 11.6 Å². The van der Waals surface area contributed by atoms with E-state index in [1.807, 2.05) is 11.0 Å². The van der Waals surface area contributed by atoms with Gasteiger partial charge in [-0.3, -0.25) is 4.79 Å². The standard InChI is InChI=1S/C35H50FN3O6S/c1-27-23-32(43-3)24-28(2)34(27)46(41,42)39-17-5-4-11-31(39)26-44-21-12-33(40)38-18-13-35(14-19-38,29-9-8-10-30(36)25-29)45-22-20-37-15-6-7-16-37/h8-10,23-25,31H,4-7,11-22,26H2,1-3H3. The molecule has 9 nitrogen and oxygen atoms in total. The average Bonchev–Trinajstić information content (AvgIpc) is 3.56. The van der Waals surface area contributed by atoms with Crippen LogP contribution >= 0.6 is 0 Å². The van der Waals surface area contributed by atoms with Crippen LogP contribution in [0.15, 0.2) is 41.3 Å². The second-order valence-electron chi connectivity index (χ2n) is 13.0. The molecule has 0 saturated carbocycles. The Balaban J connectivity index is 1.13. The second kappa shape index (κ2) is 15.6. The summed E-state index contributed by atoms with van der Waals surface area (Å²) >= 11 is 0. The Hall–Kier alpha value is -2.57. The van der Waals surface area contributed by atoms with Crippen molar-refractivity contribution >= 4 is 15.9 Å². The smallest absolute Gasteiger partial charge is 0.243 e. The number of likely N-dealkylation sites (tertiary alicyclic amines) is 2. The lowest BCUT2D eigenvalue weighted by atomic mass is 9.84. The summed E-state index contributed by atoms with van der Waals surface area (Å²) in [5.41, 5.74) is 1.53. The highest BCUT2D eigenvalue weighted by Gasteiger charge is 2.39. The van der Waals surface area contributed by atoms with E-state index in [0.717, 1.165) is 38.0 Å². The molecule has 0 N–H and O–H groups in total. The number of rotatable bonds is 13. The van der Waals surface area contributed by atoms with Gasteiger partial charge >= 0.3 is 0 Å². The number of aryl methyl sites for hydroxylation is 2. The van der Waals surface area contributed by atoms with E-state index in [9.17, 15) is 17.6 Å². The highest BCUT2D eigenvalue weighted by molar-refractivity contribution is 7.89. The van der Waals surface area contributed by atoms with Gasteiger partial charge in [0, 0.05) is 32.2 Å². The van der Waals surface area contributed by atoms with Crippen molar-refractivity contribution in [2.24, 2.45) is 0 Å². The first-order chi connectivity index (χ1) is 22.1. The topological polar surface area (TPSA) is 88.6 Å². The van der Waals surface area contributed by atoms with E-state index in [4.69, 9.17) is 14.2 Å². The summed E-state index contributed by atoms with van der Waals surface area (Å²) in [4.78, 5) is 17.8. The average molecular weight is 660 g/mol. The molecule has 3 saturated heterocycles. The number of methoxy groups -OCH3 is 1. The minimum absolute atomic E-state index is 0.00233. The molecule has 46 heavy (non-hydrogen) atoms. The largest absolute Gasteiger partial charge is 0.497 e. The molecule has 0 aromatic heterocycles. The molecule has 254 valence electrons. The third-order valence-electron chi connectivity index (χ3n) is 9.84. The fourth-order valence-corrected chi connectivity index (χ4v) is 9.42. The molecule has 1 amide bonds. The maximum Gasteiger partial charge on any atom is 0.243 e. The van der Waals surface area contributed by atoms with Crippen LogP contribution in [0.2, 0.25) is 0 Å². The molecule has 3 aliphatic heterocycles. The van der Waals surface area contributed by atoms with E-state index in [1.165, 1.54) is 18.9 Å². The first kappa shape index (κ1) is 34.8. The normalized spacial score (nSPS) is 21.0. The van der Waals surface area contributed by atoms with E-state index >= 15 is 0 Å². The van der Waals surface area contributed by atoms with Gasteiger partial charge in [-0.15, -0.1) is 0 Å². The second-order valence-corrected chi connectivity index (χ2v) is 14.8. The van der Waals surface area contributed by atoms with Gasteiger partial charge in [-0.1, -0.05) is 18.6 Å². The summed E-state index contributed by atoms with van der Waals surface area (Å²) < 4.78 is 61.3. The quantitative estimate of drug-likeness (QED) is 0.279. The molecule has 1 atom stereocenters. The molecular weight excluding hydrogens is 609 g/mol. The Morgan fingerprint density at radius 3 is 2.33 bits per heavy atom. The van der Waals surface area contributed by atoms with Crippen molar-refractivity contribution in [2.45, 2.75) is 81.8 Å². The van der Waals surface area contributed by atoms with E-state index in [0.29, 0.717) is 67.3 Å². The van der Waals surface area contributed by atoms with Crippen LogP contribution in [0.4, 0.5) is 4.39 Å². The highest BCUT2D eigenvalue weighted by Crippen LogP contribution is 2.38. The zero-order valence-corrected chi connectivity index (χ0v) is 28.5. The van der Waals surface area contributed by atoms with Gasteiger partial charge in [0.25, 0.3) is 0 Å². The Labute approximate surface area is 274 Å². The van der Waals surface area contributed by atoms with Crippen LogP contribution in [-0.2, 0) is 29.9 Å². The lowest BCUT2D eigenvalue weighted by Gasteiger charge is -2.42. The number of amides is 1. The molecule has 1 unspecified atom stereocenters. The van der Waals surface area contributed by atoms with Gasteiger partial charge in [0.05, 0.1) is 43.8 Å². The van der Waals surface area contributed by atoms with E-state index in [-0.39, 0.29) is 37.4 Å². The fraction of sp³-hybridized carbons (Fsp3) is 0.629. The van der Waals surface area contributed by atoms with Crippen LogP contribution in [0.25, 0.3) is 0 Å². The van der Waals surface area contributed by atoms with Crippen molar-refractivity contribution < 1.29 is 31.8 Å². The lowest BCUT2D eigenvalue weighted by Crippen LogP contribution is -2.47. The minimum atomic E-state index is -3.73. The molecular formula is C35H50FN3O6S. The maximum absolute atomic E-state index is 14.2. The molecule has 3 aliphatic rings. The summed E-state index contributed by atoms with van der Waals surface area (Å²) in [6.07, 6.45) is 6.31. The molecule has 0 bridgehead atoms. The van der Waals surface area contributed by atoms with Gasteiger partial charge in [0.2, 0.25) is 15.9 Å². The number of ether oxygens (including phenoxy) is 3. The number of carbonyl (C=O) groups is 1. The van der Waals surface area contributed by atoms with Crippen LogP contribution in [0.3, 0.4) is 0 Å². The van der Waals surface area contributed by atoms with Gasteiger partial charge in [-0.25, -0.2) is 12.8 Å². The van der Waals surface area contributed by atoms with Gasteiger partial charge in [-0.05, 0) is 106 Å². The molecule has 0 radical (unpaired) electrons. The van der Waals surface area contributed by atoms with Crippen molar-refractivity contribution in [1.82, 2.24) is 14.1 Å². The summed E-state index contributed by atoms with van der Waals surface area (Å²) in [6.45, 7) is 9.17. The minimum Gasteiger partial charge on any atom is -0.497 e. The number of halogens is 1. The lowest BCUT2D eigenvalue weighted by molar-refractivity contribution is -0.141. The van der Waals surface area contributed by atoms with E-state index in [2.05, 4.69) is 4.90 Å². The SMILES string of the molecule is COc1cc(C)c(S(=O)(=O)N2CCCCC2COCCC(=O)N2CCC(OCCN3CCCC3)(c3cccc(F)c3)CC2)c(C)c1. The number of nitrogens with zero attached hydrogens (tertiary/aromatic N) is 3. The molecule has 2 aromatic carbocycles. The Kier molecular flexibility index (Phi) is 11.8. The van der Waals surface area contributed by atoms with Crippen molar-refractivity contribution in [3.8, 4) is 5.75 Å². The number of benzene rings is 2. The molecule has 3 heterocycles. The van der Waals surface area contributed by atoms with Gasteiger partial charge < -0.3 is 24.0 Å². The first-order valence-electron chi connectivity index (χ1n) is 16.8. The molecule has 3 fully saturated rings. The molecule has 5 rings (SSSR count). The number of hydrogen-bond acceptors (Lipinski definition) is 7. The first-order valence-corrected chi connectivity index (χ1v) is 18.2. The van der Waals surface area contributed by atoms with E-state index in [1.54, 1.807) is 49.5 Å². The fourth-order valence-electron chi connectivity index (χ4n) is 7.33. The van der Waals surface area contributed by atoms with Crippen molar-refractivity contribution in [2.75, 3.05) is 66.2 Å². The molecule has 0 spiro atoms. The van der Waals surface area contributed by atoms with Crippen LogP contribution in [0.1, 0.15) is 68.1 Å². The summed E-state index contributed by atoms with van der Waals surface area (Å²) in [7, 11) is -2.16. The summed E-state index contributed by atoms with van der Waals surface area (Å²) in [6, 6.07) is 9.89. The monoisotopic (exact) mass is 659 g/mol. The predicted molar refractivity (Wildman–Crippen MR) is 175 cm³/mol. The van der Waals surface area contributed by atoms with Crippen LogP contribution in [0.5, 0.6) is 5.75 Å². The third kappa shape index (κ3) is 8.10. The number of piperidine rings is 2. The van der Waals surface area contributed by atoms with Crippen LogP contribution in [0, 0.1) is 19.7 Å². The predicted octanol–water partition coefficient (Wildman–Crippen LogP) is 5.03. The number of sulfonamides is 1. The highest BCUT2D eigenvalue weighted by atomic mass is 32.2. The zero-order valence-electron chi connectivity index (χ0n) is 27.6. The maximum atomic E-state index is 14.2. The van der Waals surface area contributed by atoms with Gasteiger partial charge in [0.15, 0.2) is 0 Å². The van der Waals surface area contributed by atoms with Crippen molar-refractivity contribution in [1.29, 1.82) is 0 Å². The van der Waals surface area contributed by atoms with Gasteiger partial charge in [-0.2, -0.15) is 4.31 Å². The van der Waals surface area contributed by atoms with Crippen molar-refractivity contribution in [3.63, 3.8) is 0 Å². The molecule has 11 heteroatoms. The van der Waals surface area contributed by atoms with E-state index < -0.39 is 15.6 Å². The zero-order chi connectivity index (χ0) is 32.7. The summed E-state index contributed by atoms with van der Waals surface area (Å²) in [5.74, 6) is 0.354. The molecule has 2 aromatic rings.